The van der Waals surface area contributed by atoms with Crippen molar-refractivity contribution in [2.24, 2.45) is 0 Å². The molecule has 0 unspecified atom stereocenters. The van der Waals surface area contributed by atoms with Crippen LogP contribution in [0.25, 0.3) is 0 Å². The highest BCUT2D eigenvalue weighted by molar-refractivity contribution is 5.76. The van der Waals surface area contributed by atoms with Crippen LogP contribution in [0.4, 0.5) is 0 Å². The molecular weight excluding hydrogens is 226 g/mol. The zero-order valence-corrected chi connectivity index (χ0v) is 11.9. The van der Waals surface area contributed by atoms with E-state index in [1.54, 1.807) is 0 Å². The van der Waals surface area contributed by atoms with Crippen molar-refractivity contribution in [3.8, 4) is 0 Å². The Balaban J connectivity index is 2.17. The molecule has 1 aliphatic rings. The molecule has 4 heteroatoms. The molecule has 100 valence electrons. The number of carbonyl (C=O) groups excluding carboxylic acids is 1. The Hall–Kier alpha value is -1.32. The van der Waals surface area contributed by atoms with E-state index in [1.807, 2.05) is 18.0 Å². The second kappa shape index (κ2) is 4.75. The number of hydrogen-bond donors (Lipinski definition) is 0. The molecule has 0 atom stereocenters. The van der Waals surface area contributed by atoms with E-state index < -0.39 is 0 Å². The molecule has 0 saturated heterocycles. The van der Waals surface area contributed by atoms with Crippen molar-refractivity contribution in [2.45, 2.75) is 59.0 Å². The van der Waals surface area contributed by atoms with Gasteiger partial charge >= 0.3 is 0 Å². The van der Waals surface area contributed by atoms with E-state index in [-0.39, 0.29) is 11.4 Å². The first-order valence-electron chi connectivity index (χ1n) is 6.77. The minimum absolute atomic E-state index is 0.0170. The standard InChI is InChI=1S/C14H23N3O/c1-5-6-13(18)16-8-7-12-11(10-16)9-15-17(12)14(2,3)4/h9H,5-8,10H2,1-4H3. The lowest BCUT2D eigenvalue weighted by atomic mass is 10.0. The van der Waals surface area contributed by atoms with E-state index in [0.29, 0.717) is 6.42 Å². The summed E-state index contributed by atoms with van der Waals surface area (Å²) in [6, 6.07) is 0. The number of hydrogen-bond acceptors (Lipinski definition) is 2. The summed E-state index contributed by atoms with van der Waals surface area (Å²) in [6.45, 7) is 10.1. The molecule has 1 amide bonds. The minimum atomic E-state index is 0.0170. The Morgan fingerprint density at radius 3 is 2.78 bits per heavy atom. The second-order valence-corrected chi connectivity index (χ2v) is 6.01. The first kappa shape index (κ1) is 13.1. The van der Waals surface area contributed by atoms with Gasteiger partial charge in [0.1, 0.15) is 0 Å². The molecule has 0 aromatic carbocycles. The van der Waals surface area contributed by atoms with Crippen molar-refractivity contribution < 1.29 is 4.79 Å². The average Bonchev–Trinajstić information content (AvgIpc) is 2.71. The summed E-state index contributed by atoms with van der Waals surface area (Å²) in [5, 5.41) is 4.49. The van der Waals surface area contributed by atoms with E-state index in [9.17, 15) is 4.79 Å². The van der Waals surface area contributed by atoms with Crippen molar-refractivity contribution in [1.29, 1.82) is 0 Å². The van der Waals surface area contributed by atoms with Gasteiger partial charge in [0.05, 0.1) is 11.7 Å². The molecule has 2 rings (SSSR count). The Bertz CT molecular complexity index is 442. The maximum Gasteiger partial charge on any atom is 0.222 e. The SMILES string of the molecule is CCCC(=O)N1CCc2c(cnn2C(C)(C)C)C1. The molecule has 0 saturated carbocycles. The highest BCUT2D eigenvalue weighted by Gasteiger charge is 2.26. The molecule has 0 radical (unpaired) electrons. The van der Waals surface area contributed by atoms with Crippen LogP contribution in [0.1, 0.15) is 51.8 Å². The number of aromatic nitrogens is 2. The minimum Gasteiger partial charge on any atom is -0.338 e. The Kier molecular flexibility index (Phi) is 3.46. The van der Waals surface area contributed by atoms with Gasteiger partial charge in [0.25, 0.3) is 0 Å². The van der Waals surface area contributed by atoms with Gasteiger partial charge in [-0.3, -0.25) is 9.48 Å². The number of rotatable bonds is 2. The number of amides is 1. The fourth-order valence-electron chi connectivity index (χ4n) is 2.49. The lowest BCUT2D eigenvalue weighted by Crippen LogP contribution is -2.37. The zero-order valence-electron chi connectivity index (χ0n) is 11.9. The van der Waals surface area contributed by atoms with E-state index >= 15 is 0 Å². The largest absolute Gasteiger partial charge is 0.338 e. The molecule has 1 aliphatic heterocycles. The molecule has 0 aliphatic carbocycles. The fourth-order valence-corrected chi connectivity index (χ4v) is 2.49. The van der Waals surface area contributed by atoms with Crippen LogP contribution in [0, 0.1) is 0 Å². The summed E-state index contributed by atoms with van der Waals surface area (Å²) in [5.74, 6) is 0.270. The number of fused-ring (bicyclic) bond motifs is 1. The molecule has 0 bridgehead atoms. The van der Waals surface area contributed by atoms with Gasteiger partial charge in [0, 0.05) is 37.2 Å². The van der Waals surface area contributed by atoms with Gasteiger partial charge in [0.2, 0.25) is 5.91 Å². The first-order chi connectivity index (χ1) is 8.43. The molecule has 1 aromatic heterocycles. The van der Waals surface area contributed by atoms with Crippen molar-refractivity contribution in [3.63, 3.8) is 0 Å². The van der Waals surface area contributed by atoms with Gasteiger partial charge in [-0.05, 0) is 27.2 Å². The van der Waals surface area contributed by atoms with Crippen LogP contribution < -0.4 is 0 Å². The summed E-state index contributed by atoms with van der Waals surface area (Å²) < 4.78 is 2.10. The van der Waals surface area contributed by atoms with Crippen LogP contribution in [0.3, 0.4) is 0 Å². The van der Waals surface area contributed by atoms with Crippen molar-refractivity contribution in [3.05, 3.63) is 17.5 Å². The maximum atomic E-state index is 11.9. The Morgan fingerprint density at radius 1 is 1.44 bits per heavy atom. The smallest absolute Gasteiger partial charge is 0.222 e. The monoisotopic (exact) mass is 249 g/mol. The Labute approximate surface area is 109 Å². The van der Waals surface area contributed by atoms with Crippen LogP contribution >= 0.6 is 0 Å². The molecule has 1 aromatic rings. The molecule has 0 fully saturated rings. The van der Waals surface area contributed by atoms with E-state index in [2.05, 4.69) is 30.6 Å². The van der Waals surface area contributed by atoms with Crippen molar-refractivity contribution in [2.75, 3.05) is 6.54 Å². The second-order valence-electron chi connectivity index (χ2n) is 6.01. The summed E-state index contributed by atoms with van der Waals surface area (Å²) in [7, 11) is 0. The van der Waals surface area contributed by atoms with Crippen LogP contribution in [0.15, 0.2) is 6.20 Å². The predicted molar refractivity (Wildman–Crippen MR) is 71.3 cm³/mol. The van der Waals surface area contributed by atoms with E-state index in [0.717, 1.165) is 25.9 Å². The van der Waals surface area contributed by atoms with Crippen LogP contribution in [-0.4, -0.2) is 27.1 Å². The van der Waals surface area contributed by atoms with E-state index in [4.69, 9.17) is 0 Å². The third-order valence-corrected chi connectivity index (χ3v) is 3.39. The maximum absolute atomic E-state index is 11.9. The Morgan fingerprint density at radius 2 is 2.17 bits per heavy atom. The summed E-state index contributed by atoms with van der Waals surface area (Å²) in [4.78, 5) is 13.9. The van der Waals surface area contributed by atoms with Crippen molar-refractivity contribution in [1.82, 2.24) is 14.7 Å². The third-order valence-electron chi connectivity index (χ3n) is 3.39. The van der Waals surface area contributed by atoms with Crippen LogP contribution in [-0.2, 0) is 23.3 Å². The zero-order chi connectivity index (χ0) is 13.3. The summed E-state index contributed by atoms with van der Waals surface area (Å²) in [6.07, 6.45) is 4.42. The van der Waals surface area contributed by atoms with Gasteiger partial charge in [-0.15, -0.1) is 0 Å². The molecule has 0 spiro atoms. The van der Waals surface area contributed by atoms with E-state index in [1.165, 1.54) is 11.3 Å². The predicted octanol–water partition coefficient (Wildman–Crippen LogP) is 2.32. The van der Waals surface area contributed by atoms with Crippen LogP contribution in [0.2, 0.25) is 0 Å². The molecule has 18 heavy (non-hydrogen) atoms. The number of carbonyl (C=O) groups is 1. The molecule has 0 N–H and O–H groups in total. The quantitative estimate of drug-likeness (QED) is 0.806. The summed E-state index contributed by atoms with van der Waals surface area (Å²) in [5.41, 5.74) is 2.52. The van der Waals surface area contributed by atoms with Gasteiger partial charge < -0.3 is 4.90 Å². The highest BCUT2D eigenvalue weighted by atomic mass is 16.2. The molecular formula is C14H23N3O. The number of nitrogens with zero attached hydrogens (tertiary/aromatic N) is 3. The van der Waals surface area contributed by atoms with Crippen LogP contribution in [0.5, 0.6) is 0 Å². The van der Waals surface area contributed by atoms with Gasteiger partial charge in [-0.25, -0.2) is 0 Å². The first-order valence-corrected chi connectivity index (χ1v) is 6.77. The normalized spacial score (nSPS) is 15.7. The fraction of sp³-hybridized carbons (Fsp3) is 0.714. The van der Waals surface area contributed by atoms with Gasteiger partial charge in [0.15, 0.2) is 0 Å². The highest BCUT2D eigenvalue weighted by Crippen LogP contribution is 2.24. The topological polar surface area (TPSA) is 38.1 Å². The third kappa shape index (κ3) is 2.42. The van der Waals surface area contributed by atoms with Crippen molar-refractivity contribution >= 4 is 5.91 Å². The van der Waals surface area contributed by atoms with Gasteiger partial charge in [-0.2, -0.15) is 5.10 Å². The molecule has 4 nitrogen and oxygen atoms in total. The van der Waals surface area contributed by atoms with Gasteiger partial charge in [-0.1, -0.05) is 6.92 Å². The molecule has 2 heterocycles. The lowest BCUT2D eigenvalue weighted by Gasteiger charge is -2.30. The lowest BCUT2D eigenvalue weighted by molar-refractivity contribution is -0.132. The average molecular weight is 249 g/mol. The summed E-state index contributed by atoms with van der Waals surface area (Å²) >= 11 is 0.